The molecule has 0 atom stereocenters. The SMILES string of the molecule is NCc1cccc(C2CCN(C(=O)O)CC2)c1. The van der Waals surface area contributed by atoms with Gasteiger partial charge in [0.15, 0.2) is 0 Å². The van der Waals surface area contributed by atoms with Crippen molar-refractivity contribution in [2.24, 2.45) is 5.73 Å². The molecule has 1 aromatic carbocycles. The van der Waals surface area contributed by atoms with Crippen LogP contribution in [0.3, 0.4) is 0 Å². The normalized spacial score (nSPS) is 17.1. The summed E-state index contributed by atoms with van der Waals surface area (Å²) in [5.41, 5.74) is 8.06. The van der Waals surface area contributed by atoms with Gasteiger partial charge in [-0.05, 0) is 29.9 Å². The molecule has 0 radical (unpaired) electrons. The van der Waals surface area contributed by atoms with Crippen LogP contribution in [0.1, 0.15) is 29.9 Å². The van der Waals surface area contributed by atoms with Crippen molar-refractivity contribution in [1.29, 1.82) is 0 Å². The van der Waals surface area contributed by atoms with Crippen molar-refractivity contribution in [2.75, 3.05) is 13.1 Å². The Morgan fingerprint density at radius 2 is 2.12 bits per heavy atom. The van der Waals surface area contributed by atoms with Crippen molar-refractivity contribution in [3.63, 3.8) is 0 Å². The van der Waals surface area contributed by atoms with Crippen LogP contribution in [0, 0.1) is 0 Å². The quantitative estimate of drug-likeness (QED) is 0.822. The summed E-state index contributed by atoms with van der Waals surface area (Å²) in [4.78, 5) is 12.3. The van der Waals surface area contributed by atoms with Gasteiger partial charge >= 0.3 is 6.09 Å². The zero-order chi connectivity index (χ0) is 12.3. The molecule has 1 amide bonds. The Kier molecular flexibility index (Phi) is 3.64. The lowest BCUT2D eigenvalue weighted by atomic mass is 9.89. The molecule has 1 aliphatic heterocycles. The standard InChI is InChI=1S/C13H18N2O2/c14-9-10-2-1-3-12(8-10)11-4-6-15(7-5-11)13(16)17/h1-3,8,11H,4-7,9,14H2,(H,16,17). The molecule has 17 heavy (non-hydrogen) atoms. The summed E-state index contributed by atoms with van der Waals surface area (Å²) in [7, 11) is 0. The highest BCUT2D eigenvalue weighted by molar-refractivity contribution is 5.65. The number of carboxylic acid groups (broad SMARTS) is 1. The van der Waals surface area contributed by atoms with Gasteiger partial charge in [-0.15, -0.1) is 0 Å². The van der Waals surface area contributed by atoms with Crippen LogP contribution in [0.15, 0.2) is 24.3 Å². The lowest BCUT2D eigenvalue weighted by Gasteiger charge is -2.30. The van der Waals surface area contributed by atoms with Gasteiger partial charge in [0.25, 0.3) is 0 Å². The van der Waals surface area contributed by atoms with E-state index in [-0.39, 0.29) is 0 Å². The fourth-order valence-electron chi connectivity index (χ4n) is 2.38. The van der Waals surface area contributed by atoms with Gasteiger partial charge in [-0.3, -0.25) is 0 Å². The first-order valence-electron chi connectivity index (χ1n) is 5.97. The van der Waals surface area contributed by atoms with Crippen LogP contribution < -0.4 is 5.73 Å². The molecule has 1 saturated heterocycles. The van der Waals surface area contributed by atoms with Gasteiger partial charge in [0, 0.05) is 19.6 Å². The van der Waals surface area contributed by atoms with Crippen LogP contribution in [-0.4, -0.2) is 29.2 Å². The van der Waals surface area contributed by atoms with Crippen molar-refractivity contribution in [3.8, 4) is 0 Å². The first-order chi connectivity index (χ1) is 8.20. The smallest absolute Gasteiger partial charge is 0.407 e. The molecule has 4 nitrogen and oxygen atoms in total. The largest absolute Gasteiger partial charge is 0.465 e. The minimum Gasteiger partial charge on any atom is -0.465 e. The average molecular weight is 234 g/mol. The van der Waals surface area contributed by atoms with E-state index in [2.05, 4.69) is 12.1 Å². The number of hydrogen-bond acceptors (Lipinski definition) is 2. The summed E-state index contributed by atoms with van der Waals surface area (Å²) in [6.07, 6.45) is 1.000. The zero-order valence-corrected chi connectivity index (χ0v) is 9.80. The van der Waals surface area contributed by atoms with Gasteiger partial charge < -0.3 is 15.7 Å². The average Bonchev–Trinajstić information content (AvgIpc) is 2.39. The Hall–Kier alpha value is -1.55. The predicted octanol–water partition coefficient (Wildman–Crippen LogP) is 2.00. The minimum atomic E-state index is -0.806. The van der Waals surface area contributed by atoms with Crippen molar-refractivity contribution < 1.29 is 9.90 Å². The Morgan fingerprint density at radius 1 is 1.41 bits per heavy atom. The molecule has 1 fully saturated rings. The lowest BCUT2D eigenvalue weighted by Crippen LogP contribution is -2.36. The topological polar surface area (TPSA) is 66.6 Å². The monoisotopic (exact) mass is 234 g/mol. The van der Waals surface area contributed by atoms with Gasteiger partial charge in [-0.2, -0.15) is 0 Å². The fraction of sp³-hybridized carbons (Fsp3) is 0.462. The van der Waals surface area contributed by atoms with E-state index in [1.807, 2.05) is 12.1 Å². The first kappa shape index (κ1) is 11.9. The molecular weight excluding hydrogens is 216 g/mol. The number of amides is 1. The number of carbonyl (C=O) groups is 1. The van der Waals surface area contributed by atoms with Crippen LogP contribution in [0.5, 0.6) is 0 Å². The van der Waals surface area contributed by atoms with Crippen molar-refractivity contribution in [3.05, 3.63) is 35.4 Å². The van der Waals surface area contributed by atoms with E-state index in [0.717, 1.165) is 18.4 Å². The second-order valence-corrected chi connectivity index (χ2v) is 4.49. The van der Waals surface area contributed by atoms with Crippen LogP contribution in [-0.2, 0) is 6.54 Å². The Bertz CT molecular complexity index is 398. The van der Waals surface area contributed by atoms with Crippen molar-refractivity contribution >= 4 is 6.09 Å². The van der Waals surface area contributed by atoms with E-state index in [1.165, 1.54) is 10.5 Å². The van der Waals surface area contributed by atoms with Gasteiger partial charge in [-0.1, -0.05) is 24.3 Å². The third-order valence-electron chi connectivity index (χ3n) is 3.42. The molecule has 0 aromatic heterocycles. The number of nitrogens with two attached hydrogens (primary N) is 1. The summed E-state index contributed by atoms with van der Waals surface area (Å²) in [6, 6.07) is 8.30. The molecule has 0 saturated carbocycles. The molecule has 1 heterocycles. The molecule has 0 bridgehead atoms. The molecular formula is C13H18N2O2. The maximum atomic E-state index is 10.8. The van der Waals surface area contributed by atoms with Crippen LogP contribution in [0.25, 0.3) is 0 Å². The van der Waals surface area contributed by atoms with Crippen LogP contribution in [0.4, 0.5) is 4.79 Å². The molecule has 1 aromatic rings. The second kappa shape index (κ2) is 5.19. The van der Waals surface area contributed by atoms with Gasteiger partial charge in [0.1, 0.15) is 0 Å². The Balaban J connectivity index is 2.02. The molecule has 1 aliphatic rings. The molecule has 4 heteroatoms. The van der Waals surface area contributed by atoms with Crippen molar-refractivity contribution in [2.45, 2.75) is 25.3 Å². The highest BCUT2D eigenvalue weighted by Gasteiger charge is 2.23. The number of likely N-dealkylation sites (tertiary alicyclic amines) is 1. The van der Waals surface area contributed by atoms with E-state index in [1.54, 1.807) is 0 Å². The summed E-state index contributed by atoms with van der Waals surface area (Å²) in [6.45, 7) is 1.82. The molecule has 3 N–H and O–H groups in total. The van der Waals surface area contributed by atoms with Gasteiger partial charge in [0.05, 0.1) is 0 Å². The first-order valence-corrected chi connectivity index (χ1v) is 5.97. The summed E-state index contributed by atoms with van der Waals surface area (Å²) in [5, 5.41) is 8.89. The highest BCUT2D eigenvalue weighted by atomic mass is 16.4. The maximum Gasteiger partial charge on any atom is 0.407 e. The minimum absolute atomic E-state index is 0.470. The highest BCUT2D eigenvalue weighted by Crippen LogP contribution is 2.28. The molecule has 2 rings (SSSR count). The van der Waals surface area contributed by atoms with E-state index in [0.29, 0.717) is 25.6 Å². The van der Waals surface area contributed by atoms with E-state index in [4.69, 9.17) is 10.8 Å². The number of rotatable bonds is 2. The second-order valence-electron chi connectivity index (χ2n) is 4.49. The van der Waals surface area contributed by atoms with Gasteiger partial charge in [0.2, 0.25) is 0 Å². The molecule has 92 valence electrons. The third kappa shape index (κ3) is 2.77. The van der Waals surface area contributed by atoms with Crippen LogP contribution >= 0.6 is 0 Å². The predicted molar refractivity (Wildman–Crippen MR) is 65.9 cm³/mol. The maximum absolute atomic E-state index is 10.8. The van der Waals surface area contributed by atoms with E-state index in [9.17, 15) is 4.79 Å². The van der Waals surface area contributed by atoms with Crippen molar-refractivity contribution in [1.82, 2.24) is 4.90 Å². The van der Waals surface area contributed by atoms with Gasteiger partial charge in [-0.25, -0.2) is 4.79 Å². The zero-order valence-electron chi connectivity index (χ0n) is 9.80. The molecule has 0 unspecified atom stereocenters. The number of piperidine rings is 1. The summed E-state index contributed by atoms with van der Waals surface area (Å²) < 4.78 is 0. The number of benzene rings is 1. The third-order valence-corrected chi connectivity index (χ3v) is 3.42. The Labute approximate surface area is 101 Å². The van der Waals surface area contributed by atoms with E-state index < -0.39 is 6.09 Å². The lowest BCUT2D eigenvalue weighted by molar-refractivity contribution is 0.132. The fourth-order valence-corrected chi connectivity index (χ4v) is 2.38. The summed E-state index contributed by atoms with van der Waals surface area (Å²) in [5.74, 6) is 0.470. The Morgan fingerprint density at radius 3 is 2.71 bits per heavy atom. The number of nitrogens with zero attached hydrogens (tertiary/aromatic N) is 1. The van der Waals surface area contributed by atoms with Crippen LogP contribution in [0.2, 0.25) is 0 Å². The molecule has 0 spiro atoms. The summed E-state index contributed by atoms with van der Waals surface area (Å²) >= 11 is 0. The van der Waals surface area contributed by atoms with E-state index >= 15 is 0 Å². The number of hydrogen-bond donors (Lipinski definition) is 2. The molecule has 0 aliphatic carbocycles.